The topological polar surface area (TPSA) is 24.1 Å². The molecule has 0 saturated heterocycles. The van der Waals surface area contributed by atoms with Crippen molar-refractivity contribution in [1.82, 2.24) is 0 Å². The van der Waals surface area contributed by atoms with Gasteiger partial charge in [-0.1, -0.05) is 23.8 Å². The van der Waals surface area contributed by atoms with E-state index in [-0.39, 0.29) is 0 Å². The van der Waals surface area contributed by atoms with E-state index in [1.54, 1.807) is 0 Å². The summed E-state index contributed by atoms with van der Waals surface area (Å²) in [6.07, 6.45) is 0. The highest BCUT2D eigenvalue weighted by molar-refractivity contribution is 5.54. The van der Waals surface area contributed by atoms with Crippen LogP contribution in [-0.2, 0) is 0 Å². The highest BCUT2D eigenvalue weighted by Gasteiger charge is 1.95. The SMILES string of the molecule is Cc1ccc(NNc2cc(C)cc(C)c2)cc1. The molecule has 0 fully saturated rings. The maximum atomic E-state index is 3.21. The first-order valence-corrected chi connectivity index (χ1v) is 5.80. The number of rotatable bonds is 3. The van der Waals surface area contributed by atoms with Crippen molar-refractivity contribution in [3.05, 3.63) is 59.2 Å². The van der Waals surface area contributed by atoms with E-state index < -0.39 is 0 Å². The van der Waals surface area contributed by atoms with Crippen LogP contribution in [-0.4, -0.2) is 0 Å². The maximum absolute atomic E-state index is 3.21. The molecule has 0 radical (unpaired) electrons. The molecule has 17 heavy (non-hydrogen) atoms. The molecule has 2 aromatic carbocycles. The lowest BCUT2D eigenvalue weighted by Crippen LogP contribution is -2.08. The zero-order valence-electron chi connectivity index (χ0n) is 10.5. The molecule has 0 amide bonds. The minimum atomic E-state index is 1.06. The molecule has 0 aliphatic rings. The molecule has 0 atom stereocenters. The van der Waals surface area contributed by atoms with Crippen LogP contribution in [0.15, 0.2) is 42.5 Å². The third kappa shape index (κ3) is 3.25. The van der Waals surface area contributed by atoms with Crippen molar-refractivity contribution in [2.24, 2.45) is 0 Å². The molecule has 0 heterocycles. The molecule has 2 N–H and O–H groups in total. The lowest BCUT2D eigenvalue weighted by Gasteiger charge is -2.11. The molecule has 0 aliphatic carbocycles. The van der Waals surface area contributed by atoms with Gasteiger partial charge < -0.3 is 10.9 Å². The Labute approximate surface area is 103 Å². The van der Waals surface area contributed by atoms with Crippen molar-refractivity contribution in [3.63, 3.8) is 0 Å². The van der Waals surface area contributed by atoms with Crippen LogP contribution < -0.4 is 10.9 Å². The van der Waals surface area contributed by atoms with E-state index in [0.717, 1.165) is 11.4 Å². The first-order chi connectivity index (χ1) is 8.13. The summed E-state index contributed by atoms with van der Waals surface area (Å²) in [6.45, 7) is 6.29. The number of hydrogen-bond donors (Lipinski definition) is 2. The maximum Gasteiger partial charge on any atom is 0.0545 e. The number of nitrogens with one attached hydrogen (secondary N) is 2. The number of aryl methyl sites for hydroxylation is 3. The van der Waals surface area contributed by atoms with Crippen LogP contribution in [0.1, 0.15) is 16.7 Å². The highest BCUT2D eigenvalue weighted by atomic mass is 15.4. The number of benzene rings is 2. The second-order valence-corrected chi connectivity index (χ2v) is 4.49. The normalized spacial score (nSPS) is 10.1. The summed E-state index contributed by atoms with van der Waals surface area (Å²) in [5.41, 5.74) is 12.3. The van der Waals surface area contributed by atoms with Crippen molar-refractivity contribution in [1.29, 1.82) is 0 Å². The van der Waals surface area contributed by atoms with Gasteiger partial charge in [-0.3, -0.25) is 0 Å². The van der Waals surface area contributed by atoms with Gasteiger partial charge in [-0.05, 0) is 56.2 Å². The van der Waals surface area contributed by atoms with Crippen LogP contribution in [0.4, 0.5) is 11.4 Å². The lowest BCUT2D eigenvalue weighted by atomic mass is 10.1. The summed E-state index contributed by atoms with van der Waals surface area (Å²) >= 11 is 0. The predicted octanol–water partition coefficient (Wildman–Crippen LogP) is 4.05. The van der Waals surface area contributed by atoms with Gasteiger partial charge in [0.15, 0.2) is 0 Å². The average molecular weight is 226 g/mol. The van der Waals surface area contributed by atoms with Crippen molar-refractivity contribution in [2.45, 2.75) is 20.8 Å². The number of hydrogen-bond acceptors (Lipinski definition) is 2. The fourth-order valence-electron chi connectivity index (χ4n) is 1.83. The summed E-state index contributed by atoms with van der Waals surface area (Å²) in [6, 6.07) is 14.7. The quantitative estimate of drug-likeness (QED) is 0.771. The van der Waals surface area contributed by atoms with Gasteiger partial charge in [-0.2, -0.15) is 0 Å². The Hall–Kier alpha value is -1.96. The van der Waals surface area contributed by atoms with Crippen LogP contribution in [0, 0.1) is 20.8 Å². The third-order valence-corrected chi connectivity index (χ3v) is 2.62. The molecule has 0 saturated carbocycles. The molecule has 2 nitrogen and oxygen atoms in total. The van der Waals surface area contributed by atoms with E-state index >= 15 is 0 Å². The molecule has 88 valence electrons. The molecule has 2 rings (SSSR count). The van der Waals surface area contributed by atoms with Crippen LogP contribution in [0.25, 0.3) is 0 Å². The van der Waals surface area contributed by atoms with Gasteiger partial charge in [-0.15, -0.1) is 0 Å². The molecule has 2 aromatic rings. The fourth-order valence-corrected chi connectivity index (χ4v) is 1.83. The van der Waals surface area contributed by atoms with Gasteiger partial charge in [0.1, 0.15) is 0 Å². The first-order valence-electron chi connectivity index (χ1n) is 5.80. The van der Waals surface area contributed by atoms with E-state index in [4.69, 9.17) is 0 Å². The lowest BCUT2D eigenvalue weighted by molar-refractivity contribution is 1.34. The summed E-state index contributed by atoms with van der Waals surface area (Å²) < 4.78 is 0. The second kappa shape index (κ2) is 4.91. The Morgan fingerprint density at radius 3 is 1.71 bits per heavy atom. The van der Waals surface area contributed by atoms with E-state index in [1.165, 1.54) is 16.7 Å². The summed E-state index contributed by atoms with van der Waals surface area (Å²) in [7, 11) is 0. The molecule has 0 bridgehead atoms. The Balaban J connectivity index is 2.04. The first kappa shape index (κ1) is 11.5. The molecular formula is C15H18N2. The van der Waals surface area contributed by atoms with E-state index in [0.29, 0.717) is 0 Å². The highest BCUT2D eigenvalue weighted by Crippen LogP contribution is 2.15. The fraction of sp³-hybridized carbons (Fsp3) is 0.200. The molecule has 0 aliphatic heterocycles. The second-order valence-electron chi connectivity index (χ2n) is 4.49. The van der Waals surface area contributed by atoms with E-state index in [1.807, 2.05) is 0 Å². The van der Waals surface area contributed by atoms with E-state index in [2.05, 4.69) is 74.1 Å². The zero-order chi connectivity index (χ0) is 12.3. The number of anilines is 2. The van der Waals surface area contributed by atoms with Crippen LogP contribution in [0.3, 0.4) is 0 Å². The van der Waals surface area contributed by atoms with Crippen molar-refractivity contribution in [2.75, 3.05) is 10.9 Å². The smallest absolute Gasteiger partial charge is 0.0545 e. The molecule has 0 aromatic heterocycles. The average Bonchev–Trinajstić information content (AvgIpc) is 2.27. The number of hydrazine groups is 1. The van der Waals surface area contributed by atoms with Crippen molar-refractivity contribution >= 4 is 11.4 Å². The van der Waals surface area contributed by atoms with Gasteiger partial charge >= 0.3 is 0 Å². The minimum absolute atomic E-state index is 1.06. The molecule has 2 heteroatoms. The largest absolute Gasteiger partial charge is 0.301 e. The molecular weight excluding hydrogens is 208 g/mol. The van der Waals surface area contributed by atoms with Gasteiger partial charge in [-0.25, -0.2) is 0 Å². The molecule has 0 spiro atoms. The van der Waals surface area contributed by atoms with Gasteiger partial charge in [0.2, 0.25) is 0 Å². The summed E-state index contributed by atoms with van der Waals surface area (Å²) in [4.78, 5) is 0. The monoisotopic (exact) mass is 226 g/mol. The van der Waals surface area contributed by atoms with Gasteiger partial charge in [0.05, 0.1) is 11.4 Å². The Morgan fingerprint density at radius 1 is 0.588 bits per heavy atom. The summed E-state index contributed by atoms with van der Waals surface area (Å²) in [5, 5.41) is 0. The Bertz CT molecular complexity index is 481. The van der Waals surface area contributed by atoms with Crippen LogP contribution >= 0.6 is 0 Å². The van der Waals surface area contributed by atoms with Crippen LogP contribution in [0.2, 0.25) is 0 Å². The van der Waals surface area contributed by atoms with Gasteiger partial charge in [0.25, 0.3) is 0 Å². The molecule has 0 unspecified atom stereocenters. The Kier molecular flexibility index (Phi) is 3.33. The standard InChI is InChI=1S/C15H18N2/c1-11-4-6-14(7-5-11)16-17-15-9-12(2)8-13(3)10-15/h4-10,16-17H,1-3H3. The van der Waals surface area contributed by atoms with Crippen molar-refractivity contribution < 1.29 is 0 Å². The van der Waals surface area contributed by atoms with Crippen LogP contribution in [0.5, 0.6) is 0 Å². The Morgan fingerprint density at radius 2 is 1.12 bits per heavy atom. The zero-order valence-corrected chi connectivity index (χ0v) is 10.5. The van der Waals surface area contributed by atoms with Crippen molar-refractivity contribution in [3.8, 4) is 0 Å². The minimum Gasteiger partial charge on any atom is -0.301 e. The summed E-state index contributed by atoms with van der Waals surface area (Å²) in [5.74, 6) is 0. The van der Waals surface area contributed by atoms with Gasteiger partial charge in [0, 0.05) is 0 Å². The predicted molar refractivity (Wildman–Crippen MR) is 74.3 cm³/mol. The van der Waals surface area contributed by atoms with E-state index in [9.17, 15) is 0 Å². The third-order valence-electron chi connectivity index (χ3n) is 2.62.